The molecule has 0 amide bonds. The van der Waals surface area contributed by atoms with Gasteiger partial charge in [-0.25, -0.2) is 0 Å². The smallest absolute Gasteiger partial charge is 3.00 e. The Morgan fingerprint density at radius 3 is 0.900 bits per heavy atom. The molecule has 1 radical (unpaired) electrons. The Bertz CT molecular complexity index is 25.2. The normalized spacial score (nSPS) is 4.20. The molecule has 0 aliphatic rings. The molecule has 0 saturated carbocycles. The van der Waals surface area contributed by atoms with Crippen LogP contribution in [-0.4, -0.2) is 12.2 Å². The van der Waals surface area contributed by atoms with E-state index in [9.17, 15) is 0 Å². The molecule has 0 rings (SSSR count). The first-order valence-electron chi connectivity index (χ1n) is 0.954. The van der Waals surface area contributed by atoms with Gasteiger partial charge in [-0.3, -0.25) is 0 Å². The summed E-state index contributed by atoms with van der Waals surface area (Å²) in [6.45, 7) is 0. The van der Waals surface area contributed by atoms with Crippen LogP contribution in [0.4, 0.5) is 0 Å². The summed E-state index contributed by atoms with van der Waals surface area (Å²) in [5.74, 6) is 0. The van der Waals surface area contributed by atoms with Crippen LogP contribution in [0.3, 0.4) is 0 Å². The zero-order valence-corrected chi connectivity index (χ0v) is 16.0. The second-order valence-electron chi connectivity index (χ2n) is 0.192. The Balaban J connectivity index is -0.00000000625. The molecule has 0 aromatic heterocycles. The molecule has 6 heteroatoms. The van der Waals surface area contributed by atoms with Gasteiger partial charge in [-0.2, -0.15) is 0 Å². The van der Waals surface area contributed by atoms with Crippen LogP contribution < -0.4 is 0 Å². The predicted molar refractivity (Wildman–Crippen MR) is 69.4 cm³/mol. The van der Waals surface area contributed by atoms with Crippen molar-refractivity contribution in [1.82, 2.24) is 0 Å². The van der Waals surface area contributed by atoms with Crippen molar-refractivity contribution in [2.75, 3.05) is 7.11 Å². The fourth-order valence-corrected chi connectivity index (χ4v) is 0. The first-order chi connectivity index (χ1) is 2.73. The molecule has 0 saturated heterocycles. The zero-order chi connectivity index (χ0) is 5.58. The molecule has 10 heavy (non-hydrogen) atoms. The summed E-state index contributed by atoms with van der Waals surface area (Å²) in [7, 11) is 1.00. The standard InChI is InChI=1S/CH4O.3CH3.3HI.Ti.V/c1-2;;;;;;;;/h2H,1H3;3*1H3;3*1H;;/q;3*-1;;;;2*+3/p-3. The van der Waals surface area contributed by atoms with Crippen molar-refractivity contribution in [3.05, 3.63) is 22.3 Å². The molecule has 0 aromatic rings. The largest absolute Gasteiger partial charge is 3.00 e. The third-order valence-electron chi connectivity index (χ3n) is 0. The molecule has 0 atom stereocenters. The van der Waals surface area contributed by atoms with E-state index in [0.29, 0.717) is 0 Å². The quantitative estimate of drug-likeness (QED) is 0.275. The van der Waals surface area contributed by atoms with Crippen molar-refractivity contribution in [3.8, 4) is 0 Å². The molecular formula is C4H13I3OTiV. The summed E-state index contributed by atoms with van der Waals surface area (Å²) in [6, 6.07) is 0. The summed E-state index contributed by atoms with van der Waals surface area (Å²) in [5.41, 5.74) is 0. The minimum atomic E-state index is -0.278. The average Bonchev–Trinajstić information content (AvgIpc) is 1.41. The Labute approximate surface area is 118 Å². The minimum Gasteiger partial charge on any atom is 3.00 e. The van der Waals surface area contributed by atoms with Gasteiger partial charge in [0.1, 0.15) is 0 Å². The maximum absolute atomic E-state index is 7.00. The molecule has 0 aromatic carbocycles. The van der Waals surface area contributed by atoms with E-state index in [0.717, 1.165) is 7.11 Å². The first kappa shape index (κ1) is 37.6. The van der Waals surface area contributed by atoms with Gasteiger partial charge in [0.25, 0.3) is 0 Å². The van der Waals surface area contributed by atoms with E-state index in [1.165, 1.54) is 0 Å². The first-order valence-corrected chi connectivity index (χ1v) is 14.5. The van der Waals surface area contributed by atoms with E-state index in [4.69, 9.17) is 5.11 Å². The minimum absolute atomic E-state index is 0. The molecule has 0 unspecified atom stereocenters. The molecule has 0 spiro atoms. The van der Waals surface area contributed by atoms with Gasteiger partial charge in [0.15, 0.2) is 0 Å². The number of rotatable bonds is 0. The maximum Gasteiger partial charge on any atom is 3.00 e. The van der Waals surface area contributed by atoms with Crippen LogP contribution in [0.25, 0.3) is 0 Å². The SMILES string of the molecule is CO.[CH3-].[CH3-].[CH3-].[I][V]([I])[I].[Ti+3]. The van der Waals surface area contributed by atoms with Crippen LogP contribution in [0.5, 0.6) is 0 Å². The van der Waals surface area contributed by atoms with Gasteiger partial charge >= 0.3 is 86.6 Å². The van der Waals surface area contributed by atoms with Crippen molar-refractivity contribution in [3.63, 3.8) is 0 Å². The second-order valence-corrected chi connectivity index (χ2v) is 35.6. The molecular weight excluding hydrogens is 544 g/mol. The van der Waals surface area contributed by atoms with Gasteiger partial charge < -0.3 is 27.4 Å². The Morgan fingerprint density at radius 2 is 0.900 bits per heavy atom. The molecule has 0 fully saturated rings. The van der Waals surface area contributed by atoms with Gasteiger partial charge in [0, 0.05) is 7.11 Å². The van der Waals surface area contributed by atoms with Gasteiger partial charge in [0.2, 0.25) is 0 Å². The van der Waals surface area contributed by atoms with E-state index in [-0.39, 0.29) is 48.9 Å². The van der Waals surface area contributed by atoms with Crippen LogP contribution in [0.15, 0.2) is 0 Å². The topological polar surface area (TPSA) is 20.2 Å². The zero-order valence-electron chi connectivity index (χ0n) is 6.53. The van der Waals surface area contributed by atoms with Crippen LogP contribution in [-0.2, 0) is 26.6 Å². The van der Waals surface area contributed by atoms with Crippen LogP contribution in [0.1, 0.15) is 0 Å². The summed E-state index contributed by atoms with van der Waals surface area (Å²) < 4.78 is 0. The van der Waals surface area contributed by atoms with Crippen LogP contribution >= 0.6 is 59.9 Å². The fourth-order valence-electron chi connectivity index (χ4n) is 0. The van der Waals surface area contributed by atoms with E-state index < -0.39 is 0 Å². The monoisotopic (exact) mass is 557 g/mol. The summed E-state index contributed by atoms with van der Waals surface area (Å²) >= 11 is 7.39. The summed E-state index contributed by atoms with van der Waals surface area (Å²) in [6.07, 6.45) is 0. The number of aliphatic hydroxyl groups excluding tert-OH is 1. The van der Waals surface area contributed by atoms with E-state index in [2.05, 4.69) is 59.9 Å². The Hall–Kier alpha value is 3.45. The fraction of sp³-hybridized carbons (Fsp3) is 0.250. The second kappa shape index (κ2) is 39.2. The number of hydrogen-bond donors (Lipinski definition) is 1. The summed E-state index contributed by atoms with van der Waals surface area (Å²) in [5, 5.41) is 7.00. The Kier molecular flexibility index (Phi) is 147. The molecule has 0 aliphatic heterocycles. The van der Waals surface area contributed by atoms with Gasteiger partial charge in [-0.15, -0.1) is 0 Å². The van der Waals surface area contributed by atoms with E-state index >= 15 is 0 Å². The van der Waals surface area contributed by atoms with Crippen molar-refractivity contribution < 1.29 is 31.7 Å². The average molecular weight is 557 g/mol. The molecule has 0 aliphatic carbocycles. The van der Waals surface area contributed by atoms with Gasteiger partial charge in [-0.05, 0) is 0 Å². The van der Waals surface area contributed by atoms with Gasteiger partial charge in [-0.1, -0.05) is 0 Å². The Morgan fingerprint density at radius 1 is 0.900 bits per heavy atom. The molecule has 1 nitrogen and oxygen atoms in total. The van der Waals surface area contributed by atoms with Crippen molar-refractivity contribution in [2.45, 2.75) is 0 Å². The number of aliphatic hydroxyl groups is 1. The van der Waals surface area contributed by atoms with E-state index in [1.807, 2.05) is 0 Å². The third kappa shape index (κ3) is 105. The molecule has 0 bridgehead atoms. The maximum atomic E-state index is 7.00. The molecule has 1 N–H and O–H groups in total. The van der Waals surface area contributed by atoms with Crippen molar-refractivity contribution in [2.24, 2.45) is 0 Å². The van der Waals surface area contributed by atoms with Gasteiger partial charge in [0.05, 0.1) is 0 Å². The molecule has 0 heterocycles. The molecule has 65 valence electrons. The summed E-state index contributed by atoms with van der Waals surface area (Å²) in [4.78, 5) is -0.278. The van der Waals surface area contributed by atoms with Crippen LogP contribution in [0.2, 0.25) is 0 Å². The third-order valence-corrected chi connectivity index (χ3v) is 0. The predicted octanol–water partition coefficient (Wildman–Crippen LogP) is 3.61. The van der Waals surface area contributed by atoms with E-state index in [1.54, 1.807) is 0 Å². The number of hydrogen-bond acceptors (Lipinski definition) is 1. The van der Waals surface area contributed by atoms with Crippen molar-refractivity contribution >= 4 is 59.9 Å². The van der Waals surface area contributed by atoms with Crippen molar-refractivity contribution in [1.29, 1.82) is 0 Å². The number of halogens is 3. The van der Waals surface area contributed by atoms with Crippen LogP contribution in [0, 0.1) is 22.3 Å².